The van der Waals surface area contributed by atoms with Gasteiger partial charge in [0.05, 0.1) is 18.3 Å². The van der Waals surface area contributed by atoms with Crippen LogP contribution in [0.3, 0.4) is 0 Å². The fourth-order valence-electron chi connectivity index (χ4n) is 14.1. The van der Waals surface area contributed by atoms with Crippen LogP contribution in [0.4, 0.5) is 0 Å². The molecule has 8 aliphatic rings. The number of aliphatic carboxylic acids is 2. The number of piperidine rings is 1. The Hall–Kier alpha value is -3.44. The highest BCUT2D eigenvalue weighted by Crippen LogP contribution is 2.67. The highest BCUT2D eigenvalue weighted by atomic mass is 16.5. The van der Waals surface area contributed by atoms with Crippen LogP contribution in [0.5, 0.6) is 0 Å². The molecule has 2 amide bonds. The monoisotopic (exact) mass is 726 g/mol. The number of amides is 2. The Bertz CT molecular complexity index is 1480. The topological polar surface area (TPSA) is 196 Å². The lowest BCUT2D eigenvalue weighted by molar-refractivity contribution is -0.178. The van der Waals surface area contributed by atoms with Gasteiger partial charge in [-0.3, -0.25) is 28.8 Å². The van der Waals surface area contributed by atoms with Gasteiger partial charge in [0.2, 0.25) is 11.8 Å². The first kappa shape index (κ1) is 38.3. The fourth-order valence-corrected chi connectivity index (χ4v) is 14.1. The molecule has 8 rings (SSSR count). The predicted octanol–water partition coefficient (Wildman–Crippen LogP) is 5.05. The minimum atomic E-state index is -0.652. The average Bonchev–Trinajstić information content (AvgIpc) is 3.64. The van der Waals surface area contributed by atoms with Gasteiger partial charge in [0.25, 0.3) is 12.9 Å². The van der Waals surface area contributed by atoms with E-state index in [1.807, 2.05) is 0 Å². The third-order valence-electron chi connectivity index (χ3n) is 16.7. The molecule has 52 heavy (non-hydrogen) atoms. The first-order valence-electron chi connectivity index (χ1n) is 19.5. The molecule has 1 saturated heterocycles. The van der Waals surface area contributed by atoms with E-state index in [1.54, 1.807) is 6.08 Å². The molecule has 0 bridgehead atoms. The average molecular weight is 727 g/mol. The molecule has 6 aliphatic carbocycles. The molecule has 6 saturated carbocycles. The molecule has 0 radical (unpaired) electrons. The van der Waals surface area contributed by atoms with Crippen LogP contribution in [0.1, 0.15) is 111 Å². The maximum Gasteiger partial charge on any atom is 0.307 e. The van der Waals surface area contributed by atoms with Crippen LogP contribution >= 0.6 is 0 Å². The Morgan fingerprint density at radius 2 is 1.25 bits per heavy atom. The normalized spacial score (nSPS) is 48.0. The summed E-state index contributed by atoms with van der Waals surface area (Å²) in [6.45, 7) is 9.12. The zero-order chi connectivity index (χ0) is 37.8. The third kappa shape index (κ3) is 5.94. The summed E-state index contributed by atoms with van der Waals surface area (Å²) in [7, 11) is 0. The van der Waals surface area contributed by atoms with Crippen molar-refractivity contribution < 1.29 is 48.8 Å². The Balaban J connectivity index is 0.000000167. The summed E-state index contributed by atoms with van der Waals surface area (Å²) in [4.78, 5) is 66.7. The molecule has 0 aromatic heterocycles. The van der Waals surface area contributed by atoms with Gasteiger partial charge in [-0.25, -0.2) is 0 Å². The van der Waals surface area contributed by atoms with Gasteiger partial charge in [0.1, 0.15) is 6.10 Å². The van der Waals surface area contributed by atoms with Crippen LogP contribution in [0.25, 0.3) is 0 Å². The van der Waals surface area contributed by atoms with Gasteiger partial charge in [-0.2, -0.15) is 0 Å². The van der Waals surface area contributed by atoms with E-state index < -0.39 is 11.9 Å². The number of carboxylic acid groups (broad SMARTS) is 3. The number of fused-ring (bicyclic) bond motifs is 10. The third-order valence-corrected chi connectivity index (χ3v) is 16.7. The lowest BCUT2D eigenvalue weighted by Crippen LogP contribution is -2.66. The fraction of sp³-hybridized carbons (Fsp3) is 0.800. The van der Waals surface area contributed by atoms with Crippen molar-refractivity contribution >= 4 is 36.7 Å². The minimum absolute atomic E-state index is 0.0299. The van der Waals surface area contributed by atoms with Crippen molar-refractivity contribution in [3.8, 4) is 0 Å². The Morgan fingerprint density at radius 1 is 0.731 bits per heavy atom. The quantitative estimate of drug-likeness (QED) is 0.245. The summed E-state index contributed by atoms with van der Waals surface area (Å²) in [5.74, 6) is 1.28. The molecule has 7 fully saturated rings. The standard InChI is InChI=1S/C20H29NO5.C19H27NO3.CH2O2/c1-19-8-7-13-11(12(19)4-5-14(19)18(24)25)3-6-15-20(13,2)16(26-10-22)9-17(23)21-15;1-18-9-7-13-11(12(18)4-5-14(18)17(22)23)3-6-15-19(13,2)10-8-16(21)20-15;2-1-3/h10-16H,3-9H2,1-2H3,(H,21,23)(H,24,25);8,10-15H,3-7,9H2,1-2H3,(H,20,21)(H,22,23);1H,(H,2,3)/t11-,12-,13-,14+,15?,16?,19-,20+;11-,12-,13-,14+,15?,18-,19+;/m00./s1. The van der Waals surface area contributed by atoms with Crippen molar-refractivity contribution in [3.05, 3.63) is 12.2 Å². The van der Waals surface area contributed by atoms with Gasteiger partial charge in [0.15, 0.2) is 0 Å². The van der Waals surface area contributed by atoms with Crippen molar-refractivity contribution in [3.63, 3.8) is 0 Å². The van der Waals surface area contributed by atoms with Crippen LogP contribution in [-0.2, 0) is 33.5 Å². The Labute approximate surface area is 306 Å². The molecular formula is C40H58N2O10. The Morgan fingerprint density at radius 3 is 1.79 bits per heavy atom. The van der Waals surface area contributed by atoms with E-state index in [9.17, 15) is 34.2 Å². The van der Waals surface area contributed by atoms with E-state index >= 15 is 0 Å². The second-order valence-corrected chi connectivity index (χ2v) is 18.2. The molecule has 0 aromatic carbocycles. The Kier molecular flexibility index (Phi) is 10.4. The van der Waals surface area contributed by atoms with Gasteiger partial charge >= 0.3 is 11.9 Å². The molecule has 5 N–H and O–H groups in total. The maximum absolute atomic E-state index is 12.1. The van der Waals surface area contributed by atoms with Crippen molar-refractivity contribution in [1.29, 1.82) is 0 Å². The van der Waals surface area contributed by atoms with E-state index in [0.29, 0.717) is 42.0 Å². The number of hydrogen-bond acceptors (Lipinski definition) is 7. The van der Waals surface area contributed by atoms with Gasteiger partial charge < -0.3 is 30.7 Å². The first-order valence-corrected chi connectivity index (χ1v) is 19.5. The van der Waals surface area contributed by atoms with Crippen LogP contribution in [0.2, 0.25) is 0 Å². The number of hydrogen-bond donors (Lipinski definition) is 5. The largest absolute Gasteiger partial charge is 0.483 e. The first-order chi connectivity index (χ1) is 24.6. The highest BCUT2D eigenvalue weighted by Gasteiger charge is 2.65. The molecule has 0 spiro atoms. The lowest BCUT2D eigenvalue weighted by atomic mass is 9.46. The van der Waals surface area contributed by atoms with Crippen molar-refractivity contribution in [1.82, 2.24) is 10.6 Å². The SMILES string of the molecule is C[C@]12C(CC[C@@H]3[C@@H]1CC[C@]1(C)[C@@H](C(=O)O)CC[C@@H]31)NC(=O)CC2OC=O.C[C@]12CC[C@H]3[C@@H](CCC4NC(=O)C=C[C@@]43C)[C@@H]1CC[C@@H]2C(=O)O.O=CO. The summed E-state index contributed by atoms with van der Waals surface area (Å²) in [5.41, 5.74) is -0.382. The predicted molar refractivity (Wildman–Crippen MR) is 188 cm³/mol. The highest BCUT2D eigenvalue weighted by molar-refractivity contribution is 5.89. The van der Waals surface area contributed by atoms with Crippen molar-refractivity contribution in [2.75, 3.05) is 0 Å². The second-order valence-electron chi connectivity index (χ2n) is 18.2. The molecule has 3 unspecified atom stereocenters. The maximum atomic E-state index is 12.1. The number of carboxylic acids is 2. The summed E-state index contributed by atoms with van der Waals surface area (Å²) in [6.07, 6.45) is 15.4. The van der Waals surface area contributed by atoms with E-state index in [4.69, 9.17) is 14.6 Å². The molecule has 12 nitrogen and oxygen atoms in total. The van der Waals surface area contributed by atoms with Gasteiger partial charge in [-0.1, -0.05) is 33.8 Å². The summed E-state index contributed by atoms with van der Waals surface area (Å²) < 4.78 is 5.44. The van der Waals surface area contributed by atoms with E-state index in [1.165, 1.54) is 0 Å². The number of nitrogens with one attached hydrogen (secondary N) is 2. The zero-order valence-electron chi connectivity index (χ0n) is 31.1. The number of ether oxygens (including phenoxy) is 1. The van der Waals surface area contributed by atoms with Gasteiger partial charge in [0, 0.05) is 22.9 Å². The molecule has 12 heteroatoms. The van der Waals surface area contributed by atoms with Crippen LogP contribution in [-0.4, -0.2) is 70.2 Å². The van der Waals surface area contributed by atoms with Crippen LogP contribution < -0.4 is 10.6 Å². The molecule has 0 aromatic rings. The van der Waals surface area contributed by atoms with E-state index in [-0.39, 0.29) is 76.4 Å². The number of carbonyl (C=O) groups is 6. The van der Waals surface area contributed by atoms with Crippen LogP contribution in [0, 0.1) is 69.0 Å². The summed E-state index contributed by atoms with van der Waals surface area (Å²) in [5, 5.41) is 32.5. The van der Waals surface area contributed by atoms with Crippen molar-refractivity contribution in [2.24, 2.45) is 69.0 Å². The van der Waals surface area contributed by atoms with E-state index in [0.717, 1.165) is 77.0 Å². The molecule has 2 heterocycles. The molecule has 288 valence electrons. The molecule has 2 aliphatic heterocycles. The molecule has 15 atom stereocenters. The summed E-state index contributed by atoms with van der Waals surface area (Å²) >= 11 is 0. The van der Waals surface area contributed by atoms with Gasteiger partial charge in [-0.05, 0) is 129 Å². The smallest absolute Gasteiger partial charge is 0.307 e. The minimum Gasteiger partial charge on any atom is -0.483 e. The summed E-state index contributed by atoms with van der Waals surface area (Å²) in [6, 6.07) is 0.290. The number of rotatable bonds is 4. The number of carbonyl (C=O) groups excluding carboxylic acids is 3. The second kappa shape index (κ2) is 14.1. The lowest BCUT2D eigenvalue weighted by Gasteiger charge is -2.61. The van der Waals surface area contributed by atoms with Crippen molar-refractivity contribution in [2.45, 2.75) is 129 Å². The van der Waals surface area contributed by atoms with Gasteiger partial charge in [-0.15, -0.1) is 0 Å². The zero-order valence-corrected chi connectivity index (χ0v) is 31.1. The molecular weight excluding hydrogens is 668 g/mol. The van der Waals surface area contributed by atoms with Crippen LogP contribution in [0.15, 0.2) is 12.2 Å². The van der Waals surface area contributed by atoms with E-state index in [2.05, 4.69) is 44.4 Å².